The lowest BCUT2D eigenvalue weighted by Gasteiger charge is -2.19. The fourth-order valence-corrected chi connectivity index (χ4v) is 4.89. The number of hydrogen-bond acceptors (Lipinski definition) is 6. The summed E-state index contributed by atoms with van der Waals surface area (Å²) < 4.78 is 53.7. The van der Waals surface area contributed by atoms with Gasteiger partial charge in [0.1, 0.15) is 17.2 Å². The third-order valence-electron chi connectivity index (χ3n) is 4.99. The van der Waals surface area contributed by atoms with E-state index in [4.69, 9.17) is 9.47 Å². The molecular weight excluding hydrogens is 485 g/mol. The van der Waals surface area contributed by atoms with Crippen LogP contribution in [-0.4, -0.2) is 44.3 Å². The normalized spacial score (nSPS) is 11.8. The summed E-state index contributed by atoms with van der Waals surface area (Å²) in [6.45, 7) is 6.37. The molecule has 0 aliphatic heterocycles. The summed E-state index contributed by atoms with van der Waals surface area (Å²) in [7, 11) is -2.30. The summed E-state index contributed by atoms with van der Waals surface area (Å²) in [6, 6.07) is 13.8. The second kappa shape index (κ2) is 11.6. The second-order valence-electron chi connectivity index (χ2n) is 9.15. The van der Waals surface area contributed by atoms with Crippen LogP contribution in [0.3, 0.4) is 0 Å². The second-order valence-corrected chi connectivity index (χ2v) is 11.0. The van der Waals surface area contributed by atoms with Gasteiger partial charge < -0.3 is 20.1 Å². The van der Waals surface area contributed by atoms with Crippen molar-refractivity contribution in [2.45, 2.75) is 44.2 Å². The summed E-state index contributed by atoms with van der Waals surface area (Å²) in [5.41, 5.74) is 0.544. The minimum Gasteiger partial charge on any atom is -0.493 e. The number of halogens is 1. The van der Waals surface area contributed by atoms with Crippen LogP contribution in [0.1, 0.15) is 32.8 Å². The van der Waals surface area contributed by atoms with E-state index in [0.29, 0.717) is 30.8 Å². The number of rotatable bonds is 10. The highest BCUT2D eigenvalue weighted by atomic mass is 32.2. The van der Waals surface area contributed by atoms with Gasteiger partial charge in [0.05, 0.1) is 17.2 Å². The molecule has 0 radical (unpaired) electrons. The summed E-state index contributed by atoms with van der Waals surface area (Å²) in [5.74, 6) is -0.150. The van der Waals surface area contributed by atoms with Crippen LogP contribution < -0.4 is 15.4 Å². The molecule has 0 bridgehead atoms. The van der Waals surface area contributed by atoms with Gasteiger partial charge in [0, 0.05) is 30.9 Å². The Balaban J connectivity index is 1.75. The van der Waals surface area contributed by atoms with Gasteiger partial charge >= 0.3 is 6.09 Å². The summed E-state index contributed by atoms with van der Waals surface area (Å²) in [6.07, 6.45) is 1.48. The minimum absolute atomic E-state index is 0.0103. The molecule has 0 atom stereocenters. The topological polar surface area (TPSA) is 98.7 Å². The maximum absolute atomic E-state index is 14.6. The molecule has 36 heavy (non-hydrogen) atoms. The van der Waals surface area contributed by atoms with Crippen molar-refractivity contribution in [1.82, 2.24) is 14.6 Å². The molecule has 2 aromatic carbocycles. The molecule has 0 saturated heterocycles. The molecule has 0 saturated carbocycles. The standard InChI is InChI=1S/C26H32FN3O5S/c1-26(2,3)35-25(31)29-13-8-14-34-20-9-7-10-21(16-20)36(32,33)30-18-19(17-28-4)15-24(30)22-11-5-6-12-23(22)27/h5-7,9-12,15-16,18,28H,8,13-14,17H2,1-4H3,(H,29,31). The van der Waals surface area contributed by atoms with Crippen molar-refractivity contribution in [3.63, 3.8) is 0 Å². The van der Waals surface area contributed by atoms with E-state index in [-0.39, 0.29) is 22.8 Å². The lowest BCUT2D eigenvalue weighted by molar-refractivity contribution is 0.0525. The zero-order valence-corrected chi connectivity index (χ0v) is 21.7. The Hall–Kier alpha value is -3.37. The Kier molecular flexibility index (Phi) is 8.75. The Morgan fingerprint density at radius 2 is 1.83 bits per heavy atom. The number of hydrogen-bond donors (Lipinski definition) is 2. The zero-order chi connectivity index (χ0) is 26.3. The average Bonchev–Trinajstić information content (AvgIpc) is 3.23. The molecule has 1 amide bonds. The summed E-state index contributed by atoms with van der Waals surface area (Å²) in [5, 5.41) is 5.63. The first kappa shape index (κ1) is 27.2. The first-order valence-corrected chi connectivity index (χ1v) is 13.0. The lowest BCUT2D eigenvalue weighted by Crippen LogP contribution is -2.33. The molecule has 1 aromatic heterocycles. The smallest absolute Gasteiger partial charge is 0.407 e. The van der Waals surface area contributed by atoms with Crippen LogP contribution in [-0.2, 0) is 21.3 Å². The van der Waals surface area contributed by atoms with Gasteiger partial charge in [-0.25, -0.2) is 21.6 Å². The maximum Gasteiger partial charge on any atom is 0.407 e. The fourth-order valence-electron chi connectivity index (χ4n) is 3.47. The Morgan fingerprint density at radius 1 is 1.08 bits per heavy atom. The molecule has 0 aliphatic carbocycles. The Bertz CT molecular complexity index is 1300. The molecule has 0 unspecified atom stereocenters. The molecule has 0 fully saturated rings. The van der Waals surface area contributed by atoms with Gasteiger partial charge in [-0.05, 0) is 70.1 Å². The fraction of sp³-hybridized carbons (Fsp3) is 0.346. The minimum atomic E-state index is -4.05. The highest BCUT2D eigenvalue weighted by Gasteiger charge is 2.23. The number of carbonyl (C=O) groups is 1. The monoisotopic (exact) mass is 517 g/mol. The van der Waals surface area contributed by atoms with E-state index in [2.05, 4.69) is 10.6 Å². The van der Waals surface area contributed by atoms with Crippen molar-refractivity contribution in [2.24, 2.45) is 0 Å². The van der Waals surface area contributed by atoms with Gasteiger partial charge in [0.25, 0.3) is 10.0 Å². The predicted octanol–water partition coefficient (Wildman–Crippen LogP) is 4.54. The van der Waals surface area contributed by atoms with Gasteiger partial charge in [-0.15, -0.1) is 0 Å². The first-order valence-electron chi connectivity index (χ1n) is 11.6. The molecule has 2 N–H and O–H groups in total. The van der Waals surface area contributed by atoms with Crippen molar-refractivity contribution in [3.8, 4) is 17.0 Å². The van der Waals surface area contributed by atoms with Crippen molar-refractivity contribution in [1.29, 1.82) is 0 Å². The van der Waals surface area contributed by atoms with Crippen molar-refractivity contribution < 1.29 is 27.1 Å². The molecule has 0 spiro atoms. The van der Waals surface area contributed by atoms with Gasteiger partial charge in [-0.2, -0.15) is 0 Å². The van der Waals surface area contributed by atoms with Crippen molar-refractivity contribution in [2.75, 3.05) is 20.2 Å². The van der Waals surface area contributed by atoms with Gasteiger partial charge in [-0.1, -0.05) is 18.2 Å². The quantitative estimate of drug-likeness (QED) is 0.383. The van der Waals surface area contributed by atoms with Crippen LogP contribution in [0.5, 0.6) is 5.75 Å². The molecule has 8 nitrogen and oxygen atoms in total. The number of alkyl carbamates (subject to hydrolysis) is 1. The van der Waals surface area contributed by atoms with E-state index in [0.717, 1.165) is 3.97 Å². The van der Waals surface area contributed by atoms with Crippen LogP contribution in [0.15, 0.2) is 65.7 Å². The number of aromatic nitrogens is 1. The van der Waals surface area contributed by atoms with Gasteiger partial charge in [0.2, 0.25) is 0 Å². The maximum atomic E-state index is 14.6. The van der Waals surface area contributed by atoms with Gasteiger partial charge in [0.15, 0.2) is 0 Å². The zero-order valence-electron chi connectivity index (χ0n) is 20.9. The van der Waals surface area contributed by atoms with E-state index in [1.807, 2.05) is 0 Å². The molecule has 3 rings (SSSR count). The van der Waals surface area contributed by atoms with Crippen LogP contribution in [0.4, 0.5) is 9.18 Å². The van der Waals surface area contributed by atoms with E-state index in [1.165, 1.54) is 24.4 Å². The van der Waals surface area contributed by atoms with Crippen LogP contribution in [0.2, 0.25) is 0 Å². The van der Waals surface area contributed by atoms with Crippen LogP contribution in [0.25, 0.3) is 11.3 Å². The number of benzene rings is 2. The SMILES string of the molecule is CNCc1cc(-c2ccccc2F)n(S(=O)(=O)c2cccc(OCCCNC(=O)OC(C)(C)C)c2)c1. The Morgan fingerprint density at radius 3 is 2.53 bits per heavy atom. The first-order chi connectivity index (χ1) is 17.0. The number of amides is 1. The molecule has 10 heteroatoms. The molecule has 1 heterocycles. The average molecular weight is 518 g/mol. The predicted molar refractivity (Wildman–Crippen MR) is 136 cm³/mol. The van der Waals surface area contributed by atoms with E-state index in [1.54, 1.807) is 64.2 Å². The molecular formula is C26H32FN3O5S. The van der Waals surface area contributed by atoms with Crippen LogP contribution in [0, 0.1) is 5.82 Å². The van der Waals surface area contributed by atoms with E-state index in [9.17, 15) is 17.6 Å². The molecule has 3 aromatic rings. The Labute approximate surface area is 211 Å². The van der Waals surface area contributed by atoms with Crippen LogP contribution >= 0.6 is 0 Å². The number of nitrogens with zero attached hydrogens (tertiary/aromatic N) is 1. The van der Waals surface area contributed by atoms with Crippen molar-refractivity contribution >= 4 is 16.1 Å². The highest BCUT2D eigenvalue weighted by molar-refractivity contribution is 7.90. The summed E-state index contributed by atoms with van der Waals surface area (Å²) >= 11 is 0. The largest absolute Gasteiger partial charge is 0.493 e. The van der Waals surface area contributed by atoms with Gasteiger partial charge in [-0.3, -0.25) is 0 Å². The molecule has 194 valence electrons. The van der Waals surface area contributed by atoms with Crippen molar-refractivity contribution in [3.05, 3.63) is 72.2 Å². The summed E-state index contributed by atoms with van der Waals surface area (Å²) in [4.78, 5) is 11.7. The van der Waals surface area contributed by atoms with E-state index < -0.39 is 27.5 Å². The molecule has 0 aliphatic rings. The third kappa shape index (κ3) is 7.08. The van der Waals surface area contributed by atoms with E-state index >= 15 is 0 Å². The highest BCUT2D eigenvalue weighted by Crippen LogP contribution is 2.30. The third-order valence-corrected chi connectivity index (χ3v) is 6.66. The number of carbonyl (C=O) groups excluding carboxylic acids is 1. The number of ether oxygens (including phenoxy) is 2. The lowest BCUT2D eigenvalue weighted by atomic mass is 10.1. The number of nitrogens with one attached hydrogen (secondary N) is 2.